The van der Waals surface area contributed by atoms with Crippen LogP contribution in [0.2, 0.25) is 0 Å². The molecule has 1 heterocycles. The zero-order valence-electron chi connectivity index (χ0n) is 11.8. The van der Waals surface area contributed by atoms with Crippen molar-refractivity contribution in [3.63, 3.8) is 0 Å². The molecule has 20 heavy (non-hydrogen) atoms. The highest BCUT2D eigenvalue weighted by Gasteiger charge is 2.17. The summed E-state index contributed by atoms with van der Waals surface area (Å²) in [6, 6.07) is 19.5. The normalized spacial score (nSPS) is 16.6. The molecule has 1 aliphatic heterocycles. The van der Waals surface area contributed by atoms with Gasteiger partial charge in [0.25, 0.3) is 0 Å². The van der Waals surface area contributed by atoms with Crippen molar-refractivity contribution in [3.05, 3.63) is 71.3 Å². The van der Waals surface area contributed by atoms with E-state index in [4.69, 9.17) is 5.73 Å². The maximum Gasteiger partial charge on any atom is 0.0237 e. The van der Waals surface area contributed by atoms with E-state index < -0.39 is 0 Å². The fourth-order valence-corrected chi connectivity index (χ4v) is 3.02. The van der Waals surface area contributed by atoms with Crippen molar-refractivity contribution in [1.82, 2.24) is 4.90 Å². The third-order valence-electron chi connectivity index (χ3n) is 4.04. The van der Waals surface area contributed by atoms with Gasteiger partial charge in [-0.3, -0.25) is 4.90 Å². The first-order valence-electron chi connectivity index (χ1n) is 7.40. The summed E-state index contributed by atoms with van der Waals surface area (Å²) in [4.78, 5) is 2.48. The molecule has 0 saturated carbocycles. The second kappa shape index (κ2) is 6.21. The quantitative estimate of drug-likeness (QED) is 0.921. The van der Waals surface area contributed by atoms with Crippen molar-refractivity contribution < 1.29 is 0 Å². The number of fused-ring (bicyclic) bond motifs is 1. The van der Waals surface area contributed by atoms with Crippen LogP contribution in [0.25, 0.3) is 0 Å². The Kier molecular flexibility index (Phi) is 4.14. The molecule has 2 heteroatoms. The molecule has 2 nitrogen and oxygen atoms in total. The van der Waals surface area contributed by atoms with Crippen LogP contribution in [-0.4, -0.2) is 24.0 Å². The molecule has 0 amide bonds. The van der Waals surface area contributed by atoms with Crippen molar-refractivity contribution in [2.75, 3.05) is 13.1 Å². The Morgan fingerprint density at radius 3 is 2.45 bits per heavy atom. The molecule has 3 rings (SSSR count). The van der Waals surface area contributed by atoms with Gasteiger partial charge < -0.3 is 5.73 Å². The molecule has 104 valence electrons. The second-order valence-corrected chi connectivity index (χ2v) is 5.70. The molecule has 0 unspecified atom stereocenters. The average molecular weight is 266 g/mol. The summed E-state index contributed by atoms with van der Waals surface area (Å²) in [6.07, 6.45) is 2.10. The predicted octanol–water partition coefficient (Wildman–Crippen LogP) is 2.61. The van der Waals surface area contributed by atoms with Gasteiger partial charge in [-0.2, -0.15) is 0 Å². The van der Waals surface area contributed by atoms with E-state index in [9.17, 15) is 0 Å². The molecular formula is C18H22N2. The molecule has 0 spiro atoms. The van der Waals surface area contributed by atoms with Gasteiger partial charge in [-0.05, 0) is 29.5 Å². The van der Waals surface area contributed by atoms with E-state index in [0.717, 1.165) is 32.5 Å². The minimum Gasteiger partial charge on any atom is -0.326 e. The lowest BCUT2D eigenvalue weighted by molar-refractivity contribution is 0.237. The summed E-state index contributed by atoms with van der Waals surface area (Å²) < 4.78 is 0. The van der Waals surface area contributed by atoms with E-state index >= 15 is 0 Å². The molecule has 2 N–H and O–H groups in total. The van der Waals surface area contributed by atoms with Gasteiger partial charge >= 0.3 is 0 Å². The van der Waals surface area contributed by atoms with E-state index in [2.05, 4.69) is 59.5 Å². The van der Waals surface area contributed by atoms with Crippen LogP contribution in [0.15, 0.2) is 54.6 Å². The SMILES string of the molecule is N[C@@H](Cc1ccccc1)CN1CCc2ccccc2C1. The van der Waals surface area contributed by atoms with Crippen molar-refractivity contribution in [1.29, 1.82) is 0 Å². The number of rotatable bonds is 4. The average Bonchev–Trinajstić information content (AvgIpc) is 2.48. The smallest absolute Gasteiger partial charge is 0.0237 e. The predicted molar refractivity (Wildman–Crippen MR) is 83.5 cm³/mol. The molecule has 0 aliphatic carbocycles. The molecule has 1 atom stereocenters. The number of nitrogens with zero attached hydrogens (tertiary/aromatic N) is 1. The fraction of sp³-hybridized carbons (Fsp3) is 0.333. The Bertz CT molecular complexity index is 550. The van der Waals surface area contributed by atoms with Gasteiger partial charge in [0.1, 0.15) is 0 Å². The molecule has 0 saturated heterocycles. The minimum absolute atomic E-state index is 0.211. The van der Waals surface area contributed by atoms with Gasteiger partial charge in [0.05, 0.1) is 0 Å². The summed E-state index contributed by atoms with van der Waals surface area (Å²) in [7, 11) is 0. The maximum absolute atomic E-state index is 6.31. The minimum atomic E-state index is 0.211. The molecular weight excluding hydrogens is 244 g/mol. The van der Waals surface area contributed by atoms with Crippen LogP contribution >= 0.6 is 0 Å². The van der Waals surface area contributed by atoms with Crippen LogP contribution < -0.4 is 5.73 Å². The van der Waals surface area contributed by atoms with E-state index in [1.165, 1.54) is 16.7 Å². The van der Waals surface area contributed by atoms with Crippen molar-refractivity contribution >= 4 is 0 Å². The van der Waals surface area contributed by atoms with Gasteiger partial charge in [-0.15, -0.1) is 0 Å². The number of benzene rings is 2. The van der Waals surface area contributed by atoms with Crippen LogP contribution in [0.3, 0.4) is 0 Å². The summed E-state index contributed by atoms with van der Waals surface area (Å²) in [5, 5.41) is 0. The van der Waals surface area contributed by atoms with Crippen LogP contribution in [0, 0.1) is 0 Å². The largest absolute Gasteiger partial charge is 0.326 e. The zero-order chi connectivity index (χ0) is 13.8. The topological polar surface area (TPSA) is 29.3 Å². The third kappa shape index (κ3) is 3.27. The van der Waals surface area contributed by atoms with Crippen LogP contribution in [0.5, 0.6) is 0 Å². The standard InChI is InChI=1S/C18H22N2/c19-18(12-15-6-2-1-3-7-15)14-20-11-10-16-8-4-5-9-17(16)13-20/h1-9,18H,10-14,19H2/t18-/m0/s1. The molecule has 0 aromatic heterocycles. The Morgan fingerprint density at radius 1 is 0.950 bits per heavy atom. The molecule has 0 fully saturated rings. The summed E-state index contributed by atoms with van der Waals surface area (Å²) in [5.74, 6) is 0. The lowest BCUT2D eigenvalue weighted by Gasteiger charge is -2.30. The Morgan fingerprint density at radius 2 is 1.65 bits per heavy atom. The van der Waals surface area contributed by atoms with Gasteiger partial charge in [-0.25, -0.2) is 0 Å². The highest BCUT2D eigenvalue weighted by molar-refractivity contribution is 5.29. The number of hydrogen-bond acceptors (Lipinski definition) is 2. The highest BCUT2D eigenvalue weighted by Crippen LogP contribution is 2.18. The van der Waals surface area contributed by atoms with E-state index in [1.54, 1.807) is 0 Å². The summed E-state index contributed by atoms with van der Waals surface area (Å²) >= 11 is 0. The van der Waals surface area contributed by atoms with Crippen LogP contribution in [0.1, 0.15) is 16.7 Å². The van der Waals surface area contributed by atoms with E-state index in [0.29, 0.717) is 0 Å². The first-order valence-corrected chi connectivity index (χ1v) is 7.40. The van der Waals surface area contributed by atoms with Crippen LogP contribution in [0.4, 0.5) is 0 Å². The highest BCUT2D eigenvalue weighted by atomic mass is 15.1. The third-order valence-corrected chi connectivity index (χ3v) is 4.04. The molecule has 0 bridgehead atoms. The first kappa shape index (κ1) is 13.3. The maximum atomic E-state index is 6.31. The summed E-state index contributed by atoms with van der Waals surface area (Å²) in [6.45, 7) is 3.14. The molecule has 1 aliphatic rings. The summed E-state index contributed by atoms with van der Waals surface area (Å²) in [5.41, 5.74) is 10.6. The van der Waals surface area contributed by atoms with Crippen molar-refractivity contribution in [2.45, 2.75) is 25.4 Å². The van der Waals surface area contributed by atoms with Gasteiger partial charge in [0.2, 0.25) is 0 Å². The number of hydrogen-bond donors (Lipinski definition) is 1. The Hall–Kier alpha value is -1.64. The molecule has 2 aromatic rings. The number of nitrogens with two attached hydrogens (primary N) is 1. The van der Waals surface area contributed by atoms with Crippen LogP contribution in [-0.2, 0) is 19.4 Å². The molecule has 0 radical (unpaired) electrons. The first-order chi connectivity index (χ1) is 9.81. The lowest BCUT2D eigenvalue weighted by atomic mass is 9.99. The lowest BCUT2D eigenvalue weighted by Crippen LogP contribution is -2.41. The Balaban J connectivity index is 1.57. The van der Waals surface area contributed by atoms with Gasteiger partial charge in [0, 0.05) is 25.7 Å². The van der Waals surface area contributed by atoms with Crippen molar-refractivity contribution in [3.8, 4) is 0 Å². The van der Waals surface area contributed by atoms with E-state index in [-0.39, 0.29) is 6.04 Å². The molecule has 2 aromatic carbocycles. The van der Waals surface area contributed by atoms with Gasteiger partial charge in [0.15, 0.2) is 0 Å². The van der Waals surface area contributed by atoms with E-state index in [1.807, 2.05) is 0 Å². The Labute approximate surface area is 121 Å². The monoisotopic (exact) mass is 266 g/mol. The zero-order valence-corrected chi connectivity index (χ0v) is 11.8. The van der Waals surface area contributed by atoms with Gasteiger partial charge in [-0.1, -0.05) is 54.6 Å². The van der Waals surface area contributed by atoms with Crippen molar-refractivity contribution in [2.24, 2.45) is 5.73 Å². The second-order valence-electron chi connectivity index (χ2n) is 5.70. The fourth-order valence-electron chi connectivity index (χ4n) is 3.02.